The van der Waals surface area contributed by atoms with Crippen molar-refractivity contribution in [3.8, 4) is 0 Å². The summed E-state index contributed by atoms with van der Waals surface area (Å²) in [5.41, 5.74) is 0.959. The van der Waals surface area contributed by atoms with Crippen molar-refractivity contribution in [1.29, 1.82) is 0 Å². The van der Waals surface area contributed by atoms with Crippen molar-refractivity contribution in [2.24, 2.45) is 0 Å². The molecule has 1 unspecified atom stereocenters. The van der Waals surface area contributed by atoms with E-state index in [-0.39, 0.29) is 4.75 Å². The van der Waals surface area contributed by atoms with Crippen molar-refractivity contribution in [3.63, 3.8) is 0 Å². The van der Waals surface area contributed by atoms with E-state index in [9.17, 15) is 4.21 Å². The molecule has 1 nitrogen and oxygen atoms in total. The van der Waals surface area contributed by atoms with Crippen LogP contribution in [-0.2, 0) is 10.8 Å². The van der Waals surface area contributed by atoms with Crippen LogP contribution in [0.1, 0.15) is 26.3 Å². The van der Waals surface area contributed by atoms with Crippen LogP contribution in [0.15, 0.2) is 35.7 Å². The van der Waals surface area contributed by atoms with Crippen LogP contribution in [0.25, 0.3) is 6.08 Å². The van der Waals surface area contributed by atoms with Crippen LogP contribution in [0.3, 0.4) is 0 Å². The van der Waals surface area contributed by atoms with E-state index in [1.165, 1.54) is 0 Å². The van der Waals surface area contributed by atoms with Crippen molar-refractivity contribution >= 4 is 16.9 Å². The van der Waals surface area contributed by atoms with Crippen molar-refractivity contribution in [2.45, 2.75) is 30.4 Å². The predicted molar refractivity (Wildman–Crippen MR) is 62.7 cm³/mol. The topological polar surface area (TPSA) is 17.1 Å². The molecule has 1 atom stereocenters. The maximum Gasteiger partial charge on any atom is 0.0589 e. The first kappa shape index (κ1) is 11.2. The molecule has 0 amide bonds. The third-order valence-corrected chi connectivity index (χ3v) is 3.78. The van der Waals surface area contributed by atoms with Gasteiger partial charge in [-0.1, -0.05) is 30.9 Å². The average Bonchev–Trinajstić information content (AvgIpc) is 2.15. The number of hydrogen-bond donors (Lipinski definition) is 0. The summed E-state index contributed by atoms with van der Waals surface area (Å²) in [6, 6.07) is 7.68. The van der Waals surface area contributed by atoms with Crippen LogP contribution < -0.4 is 0 Å². The molecular weight excluding hydrogens is 192 g/mol. The van der Waals surface area contributed by atoms with E-state index in [2.05, 4.69) is 6.58 Å². The SMILES string of the molecule is C=Cc1ccccc1S(=O)C(C)(C)C. The summed E-state index contributed by atoms with van der Waals surface area (Å²) in [5.74, 6) is 0. The lowest BCUT2D eigenvalue weighted by molar-refractivity contribution is 0.649. The monoisotopic (exact) mass is 208 g/mol. The van der Waals surface area contributed by atoms with Gasteiger partial charge >= 0.3 is 0 Å². The molecule has 0 saturated heterocycles. The first-order valence-corrected chi connectivity index (χ1v) is 5.75. The molecule has 76 valence electrons. The lowest BCUT2D eigenvalue weighted by atomic mass is 10.2. The summed E-state index contributed by atoms with van der Waals surface area (Å²) in [7, 11) is -0.983. The number of hydrogen-bond acceptors (Lipinski definition) is 1. The Kier molecular flexibility index (Phi) is 3.27. The fourth-order valence-electron chi connectivity index (χ4n) is 1.15. The molecule has 1 aromatic rings. The van der Waals surface area contributed by atoms with Gasteiger partial charge < -0.3 is 0 Å². The van der Waals surface area contributed by atoms with Crippen LogP contribution >= 0.6 is 0 Å². The Bertz CT molecular complexity index is 361. The molecule has 0 aliphatic carbocycles. The van der Waals surface area contributed by atoms with Crippen LogP contribution in [0.5, 0.6) is 0 Å². The molecule has 0 N–H and O–H groups in total. The molecule has 0 heterocycles. The quantitative estimate of drug-likeness (QED) is 0.729. The van der Waals surface area contributed by atoms with Crippen LogP contribution in [0, 0.1) is 0 Å². The minimum atomic E-state index is -0.983. The zero-order chi connectivity index (χ0) is 10.8. The van der Waals surface area contributed by atoms with Gasteiger partial charge in [0.25, 0.3) is 0 Å². The van der Waals surface area contributed by atoms with Crippen molar-refractivity contribution in [3.05, 3.63) is 36.4 Å². The van der Waals surface area contributed by atoms with Gasteiger partial charge in [-0.25, -0.2) is 0 Å². The number of benzene rings is 1. The maximum atomic E-state index is 12.1. The summed E-state index contributed by atoms with van der Waals surface area (Å²) in [5, 5.41) is 0. The minimum absolute atomic E-state index is 0.223. The van der Waals surface area contributed by atoms with Crippen LogP contribution in [0.2, 0.25) is 0 Å². The zero-order valence-electron chi connectivity index (χ0n) is 8.91. The molecule has 0 fully saturated rings. The standard InChI is InChI=1S/C12H16OS/c1-5-10-8-6-7-9-11(10)14(13)12(2,3)4/h5-9H,1H2,2-4H3. The summed E-state index contributed by atoms with van der Waals surface area (Å²) in [6.07, 6.45) is 1.75. The highest BCUT2D eigenvalue weighted by molar-refractivity contribution is 7.86. The van der Waals surface area contributed by atoms with Gasteiger partial charge in [0.1, 0.15) is 0 Å². The Hall–Kier alpha value is -0.890. The minimum Gasteiger partial charge on any atom is -0.254 e. The van der Waals surface area contributed by atoms with Gasteiger partial charge in [0, 0.05) is 9.64 Å². The van der Waals surface area contributed by atoms with E-state index in [0.29, 0.717) is 0 Å². The van der Waals surface area contributed by atoms with Crippen molar-refractivity contribution in [2.75, 3.05) is 0 Å². The Labute approximate surface area is 88.3 Å². The lowest BCUT2D eigenvalue weighted by Crippen LogP contribution is -2.22. The summed E-state index contributed by atoms with van der Waals surface area (Å²) in [6.45, 7) is 9.65. The molecular formula is C12H16OS. The normalized spacial score (nSPS) is 13.6. The van der Waals surface area contributed by atoms with E-state index in [4.69, 9.17) is 0 Å². The van der Waals surface area contributed by atoms with Gasteiger partial charge in [-0.3, -0.25) is 4.21 Å². The Morgan fingerprint density at radius 3 is 2.36 bits per heavy atom. The van der Waals surface area contributed by atoms with Gasteiger partial charge in [-0.2, -0.15) is 0 Å². The Morgan fingerprint density at radius 2 is 1.86 bits per heavy atom. The molecule has 0 aliphatic heterocycles. The summed E-state index contributed by atoms with van der Waals surface area (Å²) >= 11 is 0. The van der Waals surface area contributed by atoms with E-state index >= 15 is 0 Å². The molecule has 0 aromatic heterocycles. The largest absolute Gasteiger partial charge is 0.254 e. The fraction of sp³-hybridized carbons (Fsp3) is 0.333. The molecule has 1 aromatic carbocycles. The first-order valence-electron chi connectivity index (χ1n) is 4.60. The van der Waals surface area contributed by atoms with Crippen molar-refractivity contribution in [1.82, 2.24) is 0 Å². The van der Waals surface area contributed by atoms with Gasteiger partial charge in [-0.05, 0) is 32.4 Å². The van der Waals surface area contributed by atoms with E-state index in [1.807, 2.05) is 45.0 Å². The molecule has 0 bridgehead atoms. The molecule has 14 heavy (non-hydrogen) atoms. The van der Waals surface area contributed by atoms with E-state index < -0.39 is 10.8 Å². The molecule has 1 rings (SSSR count). The highest BCUT2D eigenvalue weighted by Gasteiger charge is 2.22. The zero-order valence-corrected chi connectivity index (χ0v) is 9.73. The molecule has 0 radical (unpaired) electrons. The third-order valence-electron chi connectivity index (χ3n) is 1.89. The second-order valence-electron chi connectivity index (χ2n) is 4.12. The third kappa shape index (κ3) is 2.32. The van der Waals surface area contributed by atoms with Gasteiger partial charge in [0.2, 0.25) is 0 Å². The smallest absolute Gasteiger partial charge is 0.0589 e. The average molecular weight is 208 g/mol. The summed E-state index contributed by atoms with van der Waals surface area (Å²) in [4.78, 5) is 0.870. The van der Waals surface area contributed by atoms with Gasteiger partial charge in [0.05, 0.1) is 10.8 Å². The fourth-order valence-corrected chi connectivity index (χ4v) is 2.38. The molecule has 0 spiro atoms. The predicted octanol–water partition coefficient (Wildman–Crippen LogP) is 3.24. The number of rotatable bonds is 2. The van der Waals surface area contributed by atoms with Crippen molar-refractivity contribution < 1.29 is 4.21 Å². The van der Waals surface area contributed by atoms with E-state index in [1.54, 1.807) is 6.08 Å². The molecule has 2 heteroatoms. The van der Waals surface area contributed by atoms with E-state index in [0.717, 1.165) is 10.5 Å². The van der Waals surface area contributed by atoms with Gasteiger partial charge in [-0.15, -0.1) is 0 Å². The Morgan fingerprint density at radius 1 is 1.29 bits per heavy atom. The highest BCUT2D eigenvalue weighted by Crippen LogP contribution is 2.23. The second kappa shape index (κ2) is 4.09. The lowest BCUT2D eigenvalue weighted by Gasteiger charge is -2.19. The highest BCUT2D eigenvalue weighted by atomic mass is 32.2. The first-order chi connectivity index (χ1) is 6.46. The summed E-state index contributed by atoms with van der Waals surface area (Å²) < 4.78 is 11.9. The molecule has 0 saturated carbocycles. The Balaban J connectivity index is 3.19. The maximum absolute atomic E-state index is 12.1. The van der Waals surface area contributed by atoms with Crippen LogP contribution in [0.4, 0.5) is 0 Å². The van der Waals surface area contributed by atoms with Crippen LogP contribution in [-0.4, -0.2) is 8.96 Å². The van der Waals surface area contributed by atoms with Gasteiger partial charge in [0.15, 0.2) is 0 Å². The second-order valence-corrected chi connectivity index (χ2v) is 6.33. The molecule has 0 aliphatic rings.